The third-order valence-corrected chi connectivity index (χ3v) is 4.18. The zero-order chi connectivity index (χ0) is 14.2. The molecule has 0 spiro atoms. The summed E-state index contributed by atoms with van der Waals surface area (Å²) in [7, 11) is 0. The van der Waals surface area contributed by atoms with Gasteiger partial charge in [0, 0.05) is 12.1 Å². The van der Waals surface area contributed by atoms with Crippen molar-refractivity contribution in [2.24, 2.45) is 0 Å². The number of nitrogens with one attached hydrogen (secondary N) is 1. The fourth-order valence-electron chi connectivity index (χ4n) is 2.44. The molecule has 0 fully saturated rings. The summed E-state index contributed by atoms with van der Waals surface area (Å²) in [4.78, 5) is 8.98. The quantitative estimate of drug-likeness (QED) is 0.805. The van der Waals surface area contributed by atoms with Crippen molar-refractivity contribution in [3.05, 3.63) is 17.8 Å². The molecule has 0 saturated carbocycles. The molecular weight excluding hydrogens is 288 g/mol. The fraction of sp³-hybridized carbons (Fsp3) is 0.357. The highest BCUT2D eigenvalue weighted by atomic mass is 32.1. The first kappa shape index (κ1) is 12.6. The number of hydrogen-bond acceptors (Lipinski definition) is 6. The fourth-order valence-corrected chi connectivity index (χ4v) is 3.10. The van der Waals surface area contributed by atoms with Crippen molar-refractivity contribution >= 4 is 22.6 Å². The van der Waals surface area contributed by atoms with E-state index in [9.17, 15) is 0 Å². The number of H-pyrrole nitrogens is 1. The summed E-state index contributed by atoms with van der Waals surface area (Å²) in [5.74, 6) is 2.33. The second-order valence-electron chi connectivity index (χ2n) is 4.90. The highest BCUT2D eigenvalue weighted by molar-refractivity contribution is 7.09. The summed E-state index contributed by atoms with van der Waals surface area (Å²) in [6.45, 7) is 3.29. The van der Waals surface area contributed by atoms with Gasteiger partial charge in [0.25, 0.3) is 0 Å². The summed E-state index contributed by atoms with van der Waals surface area (Å²) in [6, 6.07) is 3.85. The van der Waals surface area contributed by atoms with E-state index >= 15 is 0 Å². The van der Waals surface area contributed by atoms with Gasteiger partial charge in [-0.1, -0.05) is 17.8 Å². The van der Waals surface area contributed by atoms with Gasteiger partial charge in [0.1, 0.15) is 18.1 Å². The number of fused-ring (bicyclic) bond motifs is 2. The lowest BCUT2D eigenvalue weighted by atomic mass is 10.2. The summed E-state index contributed by atoms with van der Waals surface area (Å²) in [6.07, 6.45) is 1.94. The van der Waals surface area contributed by atoms with E-state index in [4.69, 9.17) is 9.47 Å². The minimum Gasteiger partial charge on any atom is -0.486 e. The Hall–Kier alpha value is -2.15. The minimum absolute atomic E-state index is 0.579. The Bertz CT molecular complexity index is 752. The van der Waals surface area contributed by atoms with Crippen LogP contribution in [0.2, 0.25) is 0 Å². The second kappa shape index (κ2) is 5.00. The summed E-state index contributed by atoms with van der Waals surface area (Å²) in [5, 5.41) is 4.19. The predicted molar refractivity (Wildman–Crippen MR) is 80.0 cm³/mol. The highest BCUT2D eigenvalue weighted by Gasteiger charge is 2.17. The van der Waals surface area contributed by atoms with Crippen LogP contribution in [0.5, 0.6) is 11.5 Å². The minimum atomic E-state index is 0.579. The van der Waals surface area contributed by atoms with Gasteiger partial charge < -0.3 is 14.5 Å². The maximum absolute atomic E-state index is 5.60. The molecule has 0 unspecified atom stereocenters. The first-order valence-electron chi connectivity index (χ1n) is 6.96. The van der Waals surface area contributed by atoms with Gasteiger partial charge in [-0.25, -0.2) is 4.98 Å². The number of benzene rings is 1. The summed E-state index contributed by atoms with van der Waals surface area (Å²) < 4.78 is 15.2. The van der Waals surface area contributed by atoms with Crippen molar-refractivity contribution in [1.29, 1.82) is 0 Å². The zero-order valence-corrected chi connectivity index (χ0v) is 12.4. The van der Waals surface area contributed by atoms with E-state index in [1.807, 2.05) is 12.1 Å². The monoisotopic (exact) mass is 302 g/mol. The number of imidazole rings is 1. The number of nitrogens with zero attached hydrogens (tertiary/aromatic N) is 3. The number of aromatic nitrogens is 4. The molecule has 0 atom stereocenters. The van der Waals surface area contributed by atoms with Crippen LogP contribution in [0, 0.1) is 0 Å². The van der Waals surface area contributed by atoms with Crippen LogP contribution in [-0.2, 0) is 6.42 Å². The lowest BCUT2D eigenvalue weighted by molar-refractivity contribution is 0.172. The first-order valence-corrected chi connectivity index (χ1v) is 7.73. The molecule has 1 N–H and O–H groups in total. The predicted octanol–water partition coefficient (Wildman–Crippen LogP) is 2.81. The van der Waals surface area contributed by atoms with E-state index in [0.29, 0.717) is 13.2 Å². The zero-order valence-electron chi connectivity index (χ0n) is 11.5. The van der Waals surface area contributed by atoms with E-state index < -0.39 is 0 Å². The van der Waals surface area contributed by atoms with Gasteiger partial charge in [0.2, 0.25) is 0 Å². The second-order valence-corrected chi connectivity index (χ2v) is 5.65. The molecule has 0 aliphatic carbocycles. The molecule has 1 aliphatic heterocycles. The molecule has 1 aliphatic rings. The molecule has 3 aromatic rings. The highest BCUT2D eigenvalue weighted by Crippen LogP contribution is 2.35. The Kier molecular flexibility index (Phi) is 2.99. The van der Waals surface area contributed by atoms with E-state index in [2.05, 4.69) is 26.5 Å². The van der Waals surface area contributed by atoms with Crippen LogP contribution in [0.25, 0.3) is 21.7 Å². The maximum Gasteiger partial charge on any atom is 0.163 e. The van der Waals surface area contributed by atoms with Crippen molar-refractivity contribution in [1.82, 2.24) is 19.6 Å². The number of aromatic amines is 1. The van der Waals surface area contributed by atoms with Gasteiger partial charge in [0.15, 0.2) is 17.3 Å². The van der Waals surface area contributed by atoms with E-state index in [0.717, 1.165) is 51.8 Å². The van der Waals surface area contributed by atoms with Gasteiger partial charge >= 0.3 is 0 Å². The van der Waals surface area contributed by atoms with Crippen LogP contribution in [0.4, 0.5) is 0 Å². The largest absolute Gasteiger partial charge is 0.486 e. The van der Waals surface area contributed by atoms with Gasteiger partial charge in [0.05, 0.1) is 16.7 Å². The van der Waals surface area contributed by atoms with Gasteiger partial charge in [-0.05, 0) is 18.0 Å². The molecule has 2 aromatic heterocycles. The molecule has 7 heteroatoms. The number of ether oxygens (including phenoxy) is 2. The van der Waals surface area contributed by atoms with Crippen molar-refractivity contribution in [3.8, 4) is 22.2 Å². The third kappa shape index (κ3) is 2.13. The maximum atomic E-state index is 5.60. The Balaban J connectivity index is 1.81. The van der Waals surface area contributed by atoms with Crippen molar-refractivity contribution in [2.45, 2.75) is 19.8 Å². The van der Waals surface area contributed by atoms with E-state index in [-0.39, 0.29) is 0 Å². The molecule has 4 rings (SSSR count). The SMILES string of the molecule is CCCc1nnsc1-c1nc2cc3c(cc2[nH]1)OCCO3. The average molecular weight is 302 g/mol. The normalized spacial score (nSPS) is 13.8. The van der Waals surface area contributed by atoms with Crippen LogP contribution in [0.3, 0.4) is 0 Å². The van der Waals surface area contributed by atoms with Crippen molar-refractivity contribution in [3.63, 3.8) is 0 Å². The topological polar surface area (TPSA) is 72.9 Å². The molecule has 3 heterocycles. The van der Waals surface area contributed by atoms with Crippen LogP contribution in [0.1, 0.15) is 19.0 Å². The smallest absolute Gasteiger partial charge is 0.163 e. The van der Waals surface area contributed by atoms with E-state index in [1.165, 1.54) is 11.5 Å². The molecule has 21 heavy (non-hydrogen) atoms. The Morgan fingerprint density at radius 3 is 2.86 bits per heavy atom. The molecule has 0 amide bonds. The summed E-state index contributed by atoms with van der Waals surface area (Å²) in [5.41, 5.74) is 2.80. The summed E-state index contributed by atoms with van der Waals surface area (Å²) >= 11 is 1.37. The Morgan fingerprint density at radius 2 is 2.05 bits per heavy atom. The van der Waals surface area contributed by atoms with Crippen molar-refractivity contribution in [2.75, 3.05) is 13.2 Å². The molecule has 0 saturated heterocycles. The lowest BCUT2D eigenvalue weighted by Gasteiger charge is -2.17. The molecule has 0 radical (unpaired) electrons. The van der Waals surface area contributed by atoms with Crippen LogP contribution >= 0.6 is 11.5 Å². The van der Waals surface area contributed by atoms with Crippen molar-refractivity contribution < 1.29 is 9.47 Å². The lowest BCUT2D eigenvalue weighted by Crippen LogP contribution is -2.15. The van der Waals surface area contributed by atoms with Crippen LogP contribution < -0.4 is 9.47 Å². The third-order valence-electron chi connectivity index (χ3n) is 3.40. The molecule has 0 bridgehead atoms. The number of rotatable bonds is 3. The van der Waals surface area contributed by atoms with Gasteiger partial charge in [-0.2, -0.15) is 0 Å². The Morgan fingerprint density at radius 1 is 1.24 bits per heavy atom. The van der Waals surface area contributed by atoms with Gasteiger partial charge in [-0.15, -0.1) is 5.10 Å². The number of hydrogen-bond donors (Lipinski definition) is 1. The average Bonchev–Trinajstić information content (AvgIpc) is 3.10. The van der Waals surface area contributed by atoms with Crippen LogP contribution in [-0.4, -0.2) is 32.8 Å². The standard InChI is InChI=1S/C14H14N4O2S/c1-2-3-8-13(21-18-17-8)14-15-9-6-11-12(7-10(9)16-14)20-5-4-19-11/h6-7H,2-5H2,1H3,(H,15,16). The first-order chi connectivity index (χ1) is 10.3. The molecule has 108 valence electrons. The number of aryl methyl sites for hydroxylation is 1. The molecular formula is C14H14N4O2S. The molecule has 1 aromatic carbocycles. The Labute approximate surface area is 125 Å². The van der Waals surface area contributed by atoms with E-state index in [1.54, 1.807) is 0 Å². The molecule has 6 nitrogen and oxygen atoms in total. The van der Waals surface area contributed by atoms with Gasteiger partial charge in [-0.3, -0.25) is 0 Å². The van der Waals surface area contributed by atoms with Crippen LogP contribution in [0.15, 0.2) is 12.1 Å².